The number of hydrogen-bond donors (Lipinski definition) is 1. The predicted molar refractivity (Wildman–Crippen MR) is 92.9 cm³/mol. The third-order valence-corrected chi connectivity index (χ3v) is 6.07. The maximum Gasteiger partial charge on any atom is 0.261 e. The van der Waals surface area contributed by atoms with E-state index in [2.05, 4.69) is 15.5 Å². The second-order valence-electron chi connectivity index (χ2n) is 5.46. The molecule has 0 spiro atoms. The fourth-order valence-corrected chi connectivity index (χ4v) is 4.66. The number of thiophene rings is 1. The van der Waals surface area contributed by atoms with Crippen molar-refractivity contribution in [3.05, 3.63) is 56.7 Å². The number of benzene rings is 1. The highest BCUT2D eigenvalue weighted by Crippen LogP contribution is 2.30. The van der Waals surface area contributed by atoms with Gasteiger partial charge in [-0.3, -0.25) is 4.79 Å². The van der Waals surface area contributed by atoms with Crippen LogP contribution in [0.2, 0.25) is 0 Å². The minimum atomic E-state index is -0.0131. The van der Waals surface area contributed by atoms with Crippen LogP contribution >= 0.6 is 22.7 Å². The molecule has 0 saturated heterocycles. The molecule has 1 N–H and O–H groups in total. The molecule has 1 amide bonds. The summed E-state index contributed by atoms with van der Waals surface area (Å²) in [6.45, 7) is 0.423. The lowest BCUT2D eigenvalue weighted by Gasteiger charge is -1.99. The Morgan fingerprint density at radius 1 is 1.13 bits per heavy atom. The van der Waals surface area contributed by atoms with E-state index >= 15 is 0 Å². The normalized spacial score (nSPS) is 13.0. The Kier molecular flexibility index (Phi) is 3.93. The van der Waals surface area contributed by atoms with Crippen molar-refractivity contribution in [2.75, 3.05) is 0 Å². The van der Waals surface area contributed by atoms with Gasteiger partial charge in [-0.25, -0.2) is 0 Å². The molecule has 2 heterocycles. The quantitative estimate of drug-likeness (QED) is 0.787. The van der Waals surface area contributed by atoms with E-state index in [0.717, 1.165) is 33.3 Å². The van der Waals surface area contributed by atoms with Gasteiger partial charge in [-0.2, -0.15) is 0 Å². The highest BCUT2D eigenvalue weighted by molar-refractivity contribution is 7.15. The van der Waals surface area contributed by atoms with Crippen LogP contribution in [0.15, 0.2) is 36.4 Å². The first kappa shape index (κ1) is 14.5. The molecule has 0 unspecified atom stereocenters. The fourth-order valence-electron chi connectivity index (χ4n) is 2.71. The molecule has 0 bridgehead atoms. The summed E-state index contributed by atoms with van der Waals surface area (Å²) in [6, 6.07) is 12.0. The molecule has 1 aliphatic carbocycles. The van der Waals surface area contributed by atoms with Gasteiger partial charge in [-0.15, -0.1) is 21.5 Å². The lowest BCUT2D eigenvalue weighted by atomic mass is 10.2. The zero-order valence-corrected chi connectivity index (χ0v) is 14.0. The summed E-state index contributed by atoms with van der Waals surface area (Å²) >= 11 is 3.14. The smallest absolute Gasteiger partial charge is 0.261 e. The van der Waals surface area contributed by atoms with Crippen molar-refractivity contribution < 1.29 is 4.79 Å². The molecule has 23 heavy (non-hydrogen) atoms. The van der Waals surface area contributed by atoms with Crippen LogP contribution in [0.5, 0.6) is 0 Å². The number of rotatable bonds is 4. The second kappa shape index (κ2) is 6.22. The largest absolute Gasteiger partial charge is 0.345 e. The van der Waals surface area contributed by atoms with Crippen molar-refractivity contribution >= 4 is 28.6 Å². The molecule has 0 saturated carbocycles. The fraction of sp³-hybridized carbons (Fsp3) is 0.235. The predicted octanol–water partition coefficient (Wildman–Crippen LogP) is 3.69. The number of aryl methyl sites for hydroxylation is 2. The van der Waals surface area contributed by atoms with Crippen LogP contribution in [-0.2, 0) is 19.4 Å². The van der Waals surface area contributed by atoms with Crippen molar-refractivity contribution in [1.82, 2.24) is 15.5 Å². The Morgan fingerprint density at radius 2 is 2.00 bits per heavy atom. The van der Waals surface area contributed by atoms with Gasteiger partial charge in [-0.05, 0) is 30.9 Å². The third-order valence-electron chi connectivity index (χ3n) is 3.86. The maximum atomic E-state index is 12.3. The summed E-state index contributed by atoms with van der Waals surface area (Å²) in [5.74, 6) is -0.0131. The standard InChI is InChI=1S/C17H15N3OS2/c21-16(14-9-12-7-4-8-13(12)22-14)18-10-15-19-20-17(23-15)11-5-2-1-3-6-11/h1-3,5-6,9H,4,7-8,10H2,(H,18,21). The molecule has 116 valence electrons. The van der Waals surface area contributed by atoms with Gasteiger partial charge < -0.3 is 5.32 Å². The summed E-state index contributed by atoms with van der Waals surface area (Å²) in [5, 5.41) is 13.0. The Bertz CT molecular complexity index is 817. The number of nitrogens with zero attached hydrogens (tertiary/aromatic N) is 2. The molecular weight excluding hydrogens is 326 g/mol. The molecule has 1 aliphatic rings. The number of fused-ring (bicyclic) bond motifs is 1. The molecule has 1 aromatic carbocycles. The van der Waals surface area contributed by atoms with E-state index in [1.165, 1.54) is 28.2 Å². The lowest BCUT2D eigenvalue weighted by Crippen LogP contribution is -2.21. The molecule has 2 aromatic heterocycles. The van der Waals surface area contributed by atoms with E-state index in [4.69, 9.17) is 0 Å². The van der Waals surface area contributed by atoms with Crippen LogP contribution in [0.1, 0.15) is 31.5 Å². The van der Waals surface area contributed by atoms with Crippen molar-refractivity contribution in [2.45, 2.75) is 25.8 Å². The number of carbonyl (C=O) groups excluding carboxylic acids is 1. The van der Waals surface area contributed by atoms with E-state index in [-0.39, 0.29) is 5.91 Å². The van der Waals surface area contributed by atoms with Crippen molar-refractivity contribution in [3.8, 4) is 10.6 Å². The van der Waals surface area contributed by atoms with Gasteiger partial charge in [0.15, 0.2) is 0 Å². The zero-order valence-electron chi connectivity index (χ0n) is 12.4. The number of hydrogen-bond acceptors (Lipinski definition) is 5. The topological polar surface area (TPSA) is 54.9 Å². The highest BCUT2D eigenvalue weighted by Gasteiger charge is 2.18. The first-order valence-corrected chi connectivity index (χ1v) is 9.20. The summed E-state index contributed by atoms with van der Waals surface area (Å²) in [7, 11) is 0. The van der Waals surface area contributed by atoms with Gasteiger partial charge in [0.05, 0.1) is 11.4 Å². The van der Waals surface area contributed by atoms with Gasteiger partial charge in [0.25, 0.3) is 5.91 Å². The molecule has 0 atom stereocenters. The first-order chi connectivity index (χ1) is 11.3. The van der Waals surface area contributed by atoms with E-state index in [1.807, 2.05) is 36.4 Å². The molecule has 0 aliphatic heterocycles. The van der Waals surface area contributed by atoms with Crippen LogP contribution in [0.4, 0.5) is 0 Å². The highest BCUT2D eigenvalue weighted by atomic mass is 32.1. The summed E-state index contributed by atoms with van der Waals surface area (Å²) in [6.07, 6.45) is 3.44. The maximum absolute atomic E-state index is 12.3. The van der Waals surface area contributed by atoms with E-state index in [1.54, 1.807) is 11.3 Å². The van der Waals surface area contributed by atoms with Crippen LogP contribution in [-0.4, -0.2) is 16.1 Å². The van der Waals surface area contributed by atoms with Crippen LogP contribution < -0.4 is 5.32 Å². The average Bonchev–Trinajstić information content (AvgIpc) is 3.29. The number of nitrogens with one attached hydrogen (secondary N) is 1. The number of amides is 1. The minimum Gasteiger partial charge on any atom is -0.345 e. The molecule has 6 heteroatoms. The summed E-state index contributed by atoms with van der Waals surface area (Å²) in [4.78, 5) is 14.4. The van der Waals surface area contributed by atoms with E-state index in [0.29, 0.717) is 6.54 Å². The number of carbonyl (C=O) groups is 1. The molecule has 0 radical (unpaired) electrons. The van der Waals surface area contributed by atoms with Crippen LogP contribution in [0.3, 0.4) is 0 Å². The zero-order chi connectivity index (χ0) is 15.6. The van der Waals surface area contributed by atoms with E-state index in [9.17, 15) is 4.79 Å². The molecule has 4 rings (SSSR count). The SMILES string of the molecule is O=C(NCc1nnc(-c2ccccc2)s1)c1cc2c(s1)CCC2. The van der Waals surface area contributed by atoms with Crippen molar-refractivity contribution in [3.63, 3.8) is 0 Å². The number of aromatic nitrogens is 2. The average molecular weight is 341 g/mol. The van der Waals surface area contributed by atoms with Gasteiger partial charge in [-0.1, -0.05) is 41.7 Å². The molecular formula is C17H15N3OS2. The van der Waals surface area contributed by atoms with E-state index < -0.39 is 0 Å². The van der Waals surface area contributed by atoms with Gasteiger partial charge >= 0.3 is 0 Å². The molecule has 3 aromatic rings. The van der Waals surface area contributed by atoms with Crippen molar-refractivity contribution in [1.29, 1.82) is 0 Å². The summed E-state index contributed by atoms with van der Waals surface area (Å²) in [5.41, 5.74) is 2.40. The van der Waals surface area contributed by atoms with Gasteiger partial charge in [0.1, 0.15) is 10.0 Å². The summed E-state index contributed by atoms with van der Waals surface area (Å²) < 4.78 is 0. The lowest BCUT2D eigenvalue weighted by molar-refractivity contribution is 0.0955. The Morgan fingerprint density at radius 3 is 2.83 bits per heavy atom. The first-order valence-electron chi connectivity index (χ1n) is 7.57. The van der Waals surface area contributed by atoms with Crippen LogP contribution in [0, 0.1) is 0 Å². The monoisotopic (exact) mass is 341 g/mol. The Balaban J connectivity index is 1.41. The minimum absolute atomic E-state index is 0.0131. The van der Waals surface area contributed by atoms with Gasteiger partial charge in [0, 0.05) is 10.4 Å². The Labute approximate surface area is 142 Å². The Hall–Kier alpha value is -2.05. The molecule has 4 nitrogen and oxygen atoms in total. The third kappa shape index (κ3) is 3.04. The second-order valence-corrected chi connectivity index (χ2v) is 7.66. The van der Waals surface area contributed by atoms with Gasteiger partial charge in [0.2, 0.25) is 0 Å². The molecule has 0 fully saturated rings. The van der Waals surface area contributed by atoms with Crippen molar-refractivity contribution in [2.24, 2.45) is 0 Å². The van der Waals surface area contributed by atoms with Crippen LogP contribution in [0.25, 0.3) is 10.6 Å².